The second kappa shape index (κ2) is 10.7. The van der Waals surface area contributed by atoms with E-state index in [9.17, 15) is 0 Å². The summed E-state index contributed by atoms with van der Waals surface area (Å²) in [4.78, 5) is 2.72. The van der Waals surface area contributed by atoms with Gasteiger partial charge in [-0.15, -0.1) is 0 Å². The van der Waals surface area contributed by atoms with Gasteiger partial charge in [-0.25, -0.2) is 0 Å². The standard InChI is InChI=1S/C17H36N2/c1-4-7-13-19(14-8-5-2)15-17(18-6-3)16-11-9-10-12-16/h16-18H,4-15H2,1-3H3. The Morgan fingerprint density at radius 1 is 1.00 bits per heavy atom. The monoisotopic (exact) mass is 268 g/mol. The van der Waals surface area contributed by atoms with Gasteiger partial charge in [-0.3, -0.25) is 0 Å². The van der Waals surface area contributed by atoms with E-state index in [0.29, 0.717) is 0 Å². The molecule has 1 aliphatic rings. The normalized spacial score (nSPS) is 18.3. The van der Waals surface area contributed by atoms with E-state index in [1.165, 1.54) is 71.0 Å². The van der Waals surface area contributed by atoms with E-state index < -0.39 is 0 Å². The molecule has 0 bridgehead atoms. The zero-order chi connectivity index (χ0) is 13.9. The highest BCUT2D eigenvalue weighted by Crippen LogP contribution is 2.28. The number of hydrogen-bond donors (Lipinski definition) is 1. The molecule has 0 aliphatic heterocycles. The lowest BCUT2D eigenvalue weighted by Gasteiger charge is -2.31. The first-order chi connectivity index (χ1) is 9.31. The summed E-state index contributed by atoms with van der Waals surface area (Å²) >= 11 is 0. The predicted octanol–water partition coefficient (Wildman–Crippen LogP) is 4.06. The third kappa shape index (κ3) is 6.76. The van der Waals surface area contributed by atoms with E-state index in [1.807, 2.05) is 0 Å². The fraction of sp³-hybridized carbons (Fsp3) is 1.00. The summed E-state index contributed by atoms with van der Waals surface area (Å²) in [6.07, 6.45) is 11.2. The van der Waals surface area contributed by atoms with Crippen LogP contribution in [0.25, 0.3) is 0 Å². The Morgan fingerprint density at radius 3 is 2.05 bits per heavy atom. The van der Waals surface area contributed by atoms with Crippen molar-refractivity contribution >= 4 is 0 Å². The van der Waals surface area contributed by atoms with Crippen molar-refractivity contribution in [1.29, 1.82) is 0 Å². The second-order valence-corrected chi connectivity index (χ2v) is 6.22. The summed E-state index contributed by atoms with van der Waals surface area (Å²) in [5, 5.41) is 3.77. The zero-order valence-corrected chi connectivity index (χ0v) is 13.6. The van der Waals surface area contributed by atoms with Crippen molar-refractivity contribution in [1.82, 2.24) is 10.2 Å². The third-order valence-electron chi connectivity index (χ3n) is 4.55. The summed E-state index contributed by atoms with van der Waals surface area (Å²) in [6, 6.07) is 0.737. The molecule has 19 heavy (non-hydrogen) atoms. The van der Waals surface area contributed by atoms with Crippen molar-refractivity contribution in [3.8, 4) is 0 Å². The van der Waals surface area contributed by atoms with E-state index in [4.69, 9.17) is 0 Å². The van der Waals surface area contributed by atoms with Crippen LogP contribution in [0.3, 0.4) is 0 Å². The maximum absolute atomic E-state index is 3.77. The highest BCUT2D eigenvalue weighted by Gasteiger charge is 2.25. The van der Waals surface area contributed by atoms with E-state index in [1.54, 1.807) is 0 Å². The molecule has 0 heterocycles. The Bertz CT molecular complexity index is 191. The summed E-state index contributed by atoms with van der Waals surface area (Å²) < 4.78 is 0. The minimum Gasteiger partial charge on any atom is -0.313 e. The van der Waals surface area contributed by atoms with Gasteiger partial charge < -0.3 is 10.2 Å². The van der Waals surface area contributed by atoms with Crippen LogP contribution in [0.2, 0.25) is 0 Å². The highest BCUT2D eigenvalue weighted by atomic mass is 15.1. The Hall–Kier alpha value is -0.0800. The SMILES string of the molecule is CCCCN(CCCC)CC(NCC)C1CCCC1. The van der Waals surface area contributed by atoms with Crippen LogP contribution in [0.1, 0.15) is 72.1 Å². The molecular formula is C17H36N2. The molecule has 1 unspecified atom stereocenters. The highest BCUT2D eigenvalue weighted by molar-refractivity contribution is 4.83. The van der Waals surface area contributed by atoms with Crippen molar-refractivity contribution < 1.29 is 0 Å². The molecule has 1 aliphatic carbocycles. The molecular weight excluding hydrogens is 232 g/mol. The third-order valence-corrected chi connectivity index (χ3v) is 4.55. The Morgan fingerprint density at radius 2 is 1.58 bits per heavy atom. The molecule has 1 saturated carbocycles. The van der Waals surface area contributed by atoms with Crippen LogP contribution in [0.5, 0.6) is 0 Å². The van der Waals surface area contributed by atoms with Gasteiger partial charge >= 0.3 is 0 Å². The van der Waals surface area contributed by atoms with Gasteiger partial charge in [0.15, 0.2) is 0 Å². The lowest BCUT2D eigenvalue weighted by atomic mass is 9.97. The van der Waals surface area contributed by atoms with E-state index >= 15 is 0 Å². The fourth-order valence-electron chi connectivity index (χ4n) is 3.34. The van der Waals surface area contributed by atoms with Gasteiger partial charge in [0.1, 0.15) is 0 Å². The smallest absolute Gasteiger partial charge is 0.0223 e. The predicted molar refractivity (Wildman–Crippen MR) is 85.7 cm³/mol. The van der Waals surface area contributed by atoms with Gasteiger partial charge in [-0.1, -0.05) is 46.5 Å². The number of unbranched alkanes of at least 4 members (excludes halogenated alkanes) is 2. The van der Waals surface area contributed by atoms with Crippen molar-refractivity contribution in [2.24, 2.45) is 5.92 Å². The molecule has 2 nitrogen and oxygen atoms in total. The minimum atomic E-state index is 0.737. The van der Waals surface area contributed by atoms with Gasteiger partial charge in [0.25, 0.3) is 0 Å². The number of likely N-dealkylation sites (N-methyl/N-ethyl adjacent to an activating group) is 1. The second-order valence-electron chi connectivity index (χ2n) is 6.22. The molecule has 1 atom stereocenters. The molecule has 114 valence electrons. The van der Waals surface area contributed by atoms with Gasteiger partial charge in [0.05, 0.1) is 0 Å². The van der Waals surface area contributed by atoms with Crippen LogP contribution >= 0.6 is 0 Å². The first kappa shape index (κ1) is 17.0. The van der Waals surface area contributed by atoms with Crippen LogP contribution < -0.4 is 5.32 Å². The molecule has 0 radical (unpaired) electrons. The lowest BCUT2D eigenvalue weighted by Crippen LogP contribution is -2.45. The number of nitrogens with one attached hydrogen (secondary N) is 1. The van der Waals surface area contributed by atoms with Gasteiger partial charge in [0.2, 0.25) is 0 Å². The number of rotatable bonds is 11. The molecule has 0 aromatic heterocycles. The molecule has 0 spiro atoms. The molecule has 0 aromatic carbocycles. The van der Waals surface area contributed by atoms with Crippen molar-refractivity contribution in [2.75, 3.05) is 26.2 Å². The summed E-state index contributed by atoms with van der Waals surface area (Å²) in [5.74, 6) is 0.936. The Balaban J connectivity index is 2.44. The largest absolute Gasteiger partial charge is 0.313 e. The van der Waals surface area contributed by atoms with E-state index in [-0.39, 0.29) is 0 Å². The molecule has 1 fully saturated rings. The van der Waals surface area contributed by atoms with E-state index in [2.05, 4.69) is 31.0 Å². The van der Waals surface area contributed by atoms with Gasteiger partial charge in [-0.2, -0.15) is 0 Å². The zero-order valence-electron chi connectivity index (χ0n) is 13.6. The molecule has 2 heteroatoms. The molecule has 1 N–H and O–H groups in total. The molecule has 0 amide bonds. The maximum Gasteiger partial charge on any atom is 0.0223 e. The first-order valence-electron chi connectivity index (χ1n) is 8.77. The summed E-state index contributed by atoms with van der Waals surface area (Å²) in [7, 11) is 0. The van der Waals surface area contributed by atoms with E-state index in [0.717, 1.165) is 18.5 Å². The fourth-order valence-corrected chi connectivity index (χ4v) is 3.34. The van der Waals surface area contributed by atoms with Crippen LogP contribution in [0.4, 0.5) is 0 Å². The summed E-state index contributed by atoms with van der Waals surface area (Å²) in [5.41, 5.74) is 0. The van der Waals surface area contributed by atoms with Gasteiger partial charge in [-0.05, 0) is 51.2 Å². The molecule has 0 aromatic rings. The topological polar surface area (TPSA) is 15.3 Å². The molecule has 0 saturated heterocycles. The van der Waals surface area contributed by atoms with Crippen molar-refractivity contribution in [3.63, 3.8) is 0 Å². The first-order valence-corrected chi connectivity index (χ1v) is 8.77. The lowest BCUT2D eigenvalue weighted by molar-refractivity contribution is 0.204. The average Bonchev–Trinajstić information content (AvgIpc) is 2.95. The van der Waals surface area contributed by atoms with Crippen molar-refractivity contribution in [2.45, 2.75) is 78.2 Å². The minimum absolute atomic E-state index is 0.737. The average molecular weight is 268 g/mol. The quantitative estimate of drug-likeness (QED) is 0.608. The van der Waals surface area contributed by atoms with Crippen LogP contribution in [-0.4, -0.2) is 37.1 Å². The van der Waals surface area contributed by atoms with Crippen LogP contribution in [-0.2, 0) is 0 Å². The Kier molecular flexibility index (Phi) is 9.54. The number of nitrogens with zero attached hydrogens (tertiary/aromatic N) is 1. The molecule has 1 rings (SSSR count). The van der Waals surface area contributed by atoms with Crippen LogP contribution in [0.15, 0.2) is 0 Å². The van der Waals surface area contributed by atoms with Gasteiger partial charge in [0, 0.05) is 12.6 Å². The summed E-state index contributed by atoms with van der Waals surface area (Å²) in [6.45, 7) is 11.9. The number of hydrogen-bond acceptors (Lipinski definition) is 2. The Labute approximate surface area is 121 Å². The van der Waals surface area contributed by atoms with Crippen LogP contribution in [0, 0.1) is 5.92 Å². The van der Waals surface area contributed by atoms with Crippen molar-refractivity contribution in [3.05, 3.63) is 0 Å². The maximum atomic E-state index is 3.77.